The number of hydrogen-bond acceptors (Lipinski definition) is 6. The van der Waals surface area contributed by atoms with E-state index in [0.717, 1.165) is 48.5 Å². The van der Waals surface area contributed by atoms with Crippen LogP contribution in [0.1, 0.15) is 49.1 Å². The number of carboxylic acid groups (broad SMARTS) is 1. The van der Waals surface area contributed by atoms with Gasteiger partial charge in [-0.25, -0.2) is 9.78 Å². The van der Waals surface area contributed by atoms with Crippen LogP contribution in [0.5, 0.6) is 0 Å². The number of nitrogens with one attached hydrogen (secondary N) is 2. The molecule has 37 heavy (non-hydrogen) atoms. The summed E-state index contributed by atoms with van der Waals surface area (Å²) in [4.78, 5) is 32.6. The average Bonchev–Trinajstić information content (AvgIpc) is 3.63. The first kappa shape index (κ1) is 28.5. The number of carbonyl (C=O) groups is 2. The summed E-state index contributed by atoms with van der Waals surface area (Å²) in [5.74, 6) is -0.498. The summed E-state index contributed by atoms with van der Waals surface area (Å²) >= 11 is 5.96. The van der Waals surface area contributed by atoms with Crippen molar-refractivity contribution in [1.29, 1.82) is 0 Å². The van der Waals surface area contributed by atoms with Crippen LogP contribution in [0, 0.1) is 12.8 Å². The Labute approximate surface area is 218 Å². The van der Waals surface area contributed by atoms with E-state index in [4.69, 9.17) is 21.5 Å². The third kappa shape index (κ3) is 8.21. The molecule has 0 spiro atoms. The summed E-state index contributed by atoms with van der Waals surface area (Å²) in [6.45, 7) is 2.02. The van der Waals surface area contributed by atoms with Crippen molar-refractivity contribution in [3.05, 3.63) is 46.6 Å². The highest BCUT2D eigenvalue weighted by atomic mass is 35.5. The Hall–Kier alpha value is -3.08. The first-order valence-corrected chi connectivity index (χ1v) is 12.4. The Morgan fingerprint density at radius 1 is 1.08 bits per heavy atom. The fourth-order valence-electron chi connectivity index (χ4n) is 4.39. The number of hydrogen-bond donors (Lipinski definition) is 3. The predicted octanol–water partition coefficient (Wildman–Crippen LogP) is 4.78. The van der Waals surface area contributed by atoms with Gasteiger partial charge in [-0.15, -0.1) is 0 Å². The molecule has 202 valence electrons. The molecule has 1 heterocycles. The molecule has 1 amide bonds. The number of anilines is 2. The van der Waals surface area contributed by atoms with Gasteiger partial charge in [0.05, 0.1) is 0 Å². The molecule has 0 aliphatic heterocycles. The van der Waals surface area contributed by atoms with Crippen LogP contribution in [0.2, 0.25) is 5.02 Å². The monoisotopic (exact) mass is 541 g/mol. The van der Waals surface area contributed by atoms with Gasteiger partial charge in [0, 0.05) is 48.9 Å². The van der Waals surface area contributed by atoms with Gasteiger partial charge < -0.3 is 20.6 Å². The van der Waals surface area contributed by atoms with Gasteiger partial charge in [0.1, 0.15) is 5.82 Å². The maximum atomic E-state index is 12.7. The van der Waals surface area contributed by atoms with Crippen molar-refractivity contribution in [2.24, 2.45) is 5.92 Å². The Morgan fingerprint density at radius 3 is 2.19 bits per heavy atom. The molecular formula is C25H31ClF3N5O3. The number of rotatable bonds is 6. The third-order valence-electron chi connectivity index (χ3n) is 6.44. The predicted molar refractivity (Wildman–Crippen MR) is 135 cm³/mol. The summed E-state index contributed by atoms with van der Waals surface area (Å²) in [7, 11) is 3.98. The number of halogens is 4. The lowest BCUT2D eigenvalue weighted by Gasteiger charge is -2.30. The summed E-state index contributed by atoms with van der Waals surface area (Å²) in [5.41, 5.74) is 2.27. The van der Waals surface area contributed by atoms with Crippen molar-refractivity contribution < 1.29 is 27.9 Å². The second-order valence-electron chi connectivity index (χ2n) is 9.60. The van der Waals surface area contributed by atoms with Crippen molar-refractivity contribution in [2.45, 2.75) is 63.2 Å². The Bertz CT molecular complexity index is 1090. The van der Waals surface area contributed by atoms with E-state index in [1.807, 2.05) is 56.4 Å². The first-order valence-electron chi connectivity index (χ1n) is 12.0. The molecule has 2 aromatic rings. The van der Waals surface area contributed by atoms with E-state index in [0.29, 0.717) is 17.9 Å². The van der Waals surface area contributed by atoms with Crippen LogP contribution in [0.25, 0.3) is 0 Å². The number of aromatic nitrogens is 2. The quantitative estimate of drug-likeness (QED) is 0.483. The van der Waals surface area contributed by atoms with Crippen LogP contribution >= 0.6 is 11.6 Å². The molecule has 0 bridgehead atoms. The minimum atomic E-state index is -5.08. The number of aliphatic carboxylic acids is 1. The minimum absolute atomic E-state index is 0.104. The van der Waals surface area contributed by atoms with E-state index in [1.54, 1.807) is 0 Å². The van der Waals surface area contributed by atoms with Crippen LogP contribution in [0.4, 0.5) is 24.9 Å². The molecule has 2 saturated carbocycles. The highest BCUT2D eigenvalue weighted by molar-refractivity contribution is 6.30. The molecule has 2 fully saturated rings. The lowest BCUT2D eigenvalue weighted by Crippen LogP contribution is -2.41. The molecule has 0 saturated heterocycles. The first-order chi connectivity index (χ1) is 17.3. The molecule has 0 unspecified atom stereocenters. The van der Waals surface area contributed by atoms with Crippen LogP contribution in [-0.4, -0.2) is 59.3 Å². The van der Waals surface area contributed by atoms with Crippen LogP contribution in [0.15, 0.2) is 30.5 Å². The third-order valence-corrected chi connectivity index (χ3v) is 6.70. The fourth-order valence-corrected chi connectivity index (χ4v) is 4.52. The minimum Gasteiger partial charge on any atom is -0.475 e. The highest BCUT2D eigenvalue weighted by Gasteiger charge is 2.44. The Kier molecular flexibility index (Phi) is 9.22. The molecule has 1 aromatic carbocycles. The normalized spacial score (nSPS) is 22.8. The van der Waals surface area contributed by atoms with E-state index in [9.17, 15) is 18.0 Å². The molecule has 2 atom stereocenters. The number of alkyl halides is 3. The van der Waals surface area contributed by atoms with Crippen molar-refractivity contribution in [2.75, 3.05) is 24.3 Å². The van der Waals surface area contributed by atoms with E-state index >= 15 is 0 Å². The lowest BCUT2D eigenvalue weighted by molar-refractivity contribution is -0.192. The number of carboxylic acids is 1. The second-order valence-corrected chi connectivity index (χ2v) is 10.0. The van der Waals surface area contributed by atoms with E-state index in [2.05, 4.69) is 20.6 Å². The Balaban J connectivity index is 0.000000479. The standard InChI is InChI=1S/C23H30ClN5O.C2HF3O2/c1-14-13-25-23(28-21(14)29(2)3)27-18-10-8-17(9-11-18)26-22(30)20-12-19(20)15-4-6-16(24)7-5-15;3-2(4,5)1(6)7/h4-7,13,17-20H,8-12H2,1-3H3,(H,26,30)(H,25,27,28);(H,6,7)/t17?,18?,19-,20+;/m0./s1. The smallest absolute Gasteiger partial charge is 0.475 e. The molecule has 1 aromatic heterocycles. The highest BCUT2D eigenvalue weighted by Crippen LogP contribution is 2.47. The summed E-state index contributed by atoms with van der Waals surface area (Å²) < 4.78 is 31.7. The van der Waals surface area contributed by atoms with Crippen molar-refractivity contribution >= 4 is 35.2 Å². The van der Waals surface area contributed by atoms with Crippen LogP contribution in [-0.2, 0) is 9.59 Å². The number of aryl methyl sites for hydroxylation is 1. The van der Waals surface area contributed by atoms with Gasteiger partial charge in [0.2, 0.25) is 11.9 Å². The largest absolute Gasteiger partial charge is 0.490 e. The lowest BCUT2D eigenvalue weighted by atomic mass is 9.91. The molecule has 2 aliphatic carbocycles. The number of amides is 1. The molecule has 12 heteroatoms. The zero-order chi connectivity index (χ0) is 27.3. The van der Waals surface area contributed by atoms with E-state index < -0.39 is 12.1 Å². The van der Waals surface area contributed by atoms with Crippen molar-refractivity contribution in [3.8, 4) is 0 Å². The number of nitrogens with zero attached hydrogens (tertiary/aromatic N) is 3. The van der Waals surface area contributed by atoms with Gasteiger partial charge in [-0.3, -0.25) is 4.79 Å². The van der Waals surface area contributed by atoms with Gasteiger partial charge in [-0.2, -0.15) is 18.2 Å². The van der Waals surface area contributed by atoms with E-state index in [-0.39, 0.29) is 17.9 Å². The number of carbonyl (C=O) groups excluding carboxylic acids is 1. The van der Waals surface area contributed by atoms with Gasteiger partial charge in [-0.05, 0) is 62.6 Å². The second kappa shape index (κ2) is 12.0. The van der Waals surface area contributed by atoms with Crippen LogP contribution in [0.3, 0.4) is 0 Å². The van der Waals surface area contributed by atoms with Crippen LogP contribution < -0.4 is 15.5 Å². The number of benzene rings is 1. The van der Waals surface area contributed by atoms with Crippen molar-refractivity contribution in [1.82, 2.24) is 15.3 Å². The summed E-state index contributed by atoms with van der Waals surface area (Å²) in [6.07, 6.45) is 1.68. The molecule has 0 radical (unpaired) electrons. The van der Waals surface area contributed by atoms with Gasteiger partial charge in [-0.1, -0.05) is 23.7 Å². The van der Waals surface area contributed by atoms with Gasteiger partial charge in [0.15, 0.2) is 0 Å². The SMILES string of the molecule is Cc1cnc(NC2CCC(NC(=O)[C@@H]3C[C@H]3c3ccc(Cl)cc3)CC2)nc1N(C)C.O=C(O)C(F)(F)F. The Morgan fingerprint density at radius 2 is 1.65 bits per heavy atom. The van der Waals surface area contributed by atoms with Crippen molar-refractivity contribution in [3.63, 3.8) is 0 Å². The maximum Gasteiger partial charge on any atom is 0.490 e. The maximum absolute atomic E-state index is 12.7. The van der Waals surface area contributed by atoms with Gasteiger partial charge in [0.25, 0.3) is 0 Å². The van der Waals surface area contributed by atoms with E-state index in [1.165, 1.54) is 5.56 Å². The average molecular weight is 542 g/mol. The summed E-state index contributed by atoms with van der Waals surface area (Å²) in [6, 6.07) is 8.48. The zero-order valence-electron chi connectivity index (χ0n) is 20.8. The molecular weight excluding hydrogens is 511 g/mol. The molecule has 2 aliphatic rings. The molecule has 4 rings (SSSR count). The van der Waals surface area contributed by atoms with Gasteiger partial charge >= 0.3 is 12.1 Å². The summed E-state index contributed by atoms with van der Waals surface area (Å²) in [5, 5.41) is 14.6. The molecule has 8 nitrogen and oxygen atoms in total. The topological polar surface area (TPSA) is 107 Å². The fraction of sp³-hybridized carbons (Fsp3) is 0.520. The molecule has 3 N–H and O–H groups in total. The zero-order valence-corrected chi connectivity index (χ0v) is 21.6.